The largest absolute Gasteiger partial charge is 0.466 e. The van der Waals surface area contributed by atoms with E-state index in [-0.39, 0.29) is 17.5 Å². The Morgan fingerprint density at radius 2 is 1.87 bits per heavy atom. The first kappa shape index (κ1) is 19.7. The molecule has 23 heavy (non-hydrogen) atoms. The minimum absolute atomic E-state index is 0.0441. The molecule has 0 heterocycles. The van der Waals surface area contributed by atoms with Crippen LogP contribution in [0, 0.1) is 5.92 Å². The number of benzene rings is 1. The Hall–Kier alpha value is -1.33. The third-order valence-corrected chi connectivity index (χ3v) is 4.47. The molecule has 0 aliphatic heterocycles. The number of hydrogen-bond acceptors (Lipinski definition) is 5. The second-order valence-electron chi connectivity index (χ2n) is 5.29. The topological polar surface area (TPSA) is 63.6 Å². The van der Waals surface area contributed by atoms with Crippen molar-refractivity contribution in [3.05, 3.63) is 35.9 Å². The number of aryl methyl sites for hydroxylation is 1. The van der Waals surface area contributed by atoms with Gasteiger partial charge in [-0.3, -0.25) is 9.59 Å². The molecule has 1 N–H and O–H groups in total. The fourth-order valence-electron chi connectivity index (χ4n) is 2.38. The SMILES string of the molecule is CCOC(=O)CC[C@H](C(=O)SCC)[C@H](O)CCc1ccccc1. The lowest BCUT2D eigenvalue weighted by Crippen LogP contribution is -2.28. The number of carbonyl (C=O) groups excluding carboxylic acids is 2. The summed E-state index contributed by atoms with van der Waals surface area (Å²) in [5.74, 6) is -0.171. The predicted molar refractivity (Wildman–Crippen MR) is 93.3 cm³/mol. The van der Waals surface area contributed by atoms with E-state index < -0.39 is 12.0 Å². The standard InChI is InChI=1S/C18H26O4S/c1-3-22-17(20)13-11-15(18(21)23-4-2)16(19)12-10-14-8-6-5-7-9-14/h5-9,15-16,19H,3-4,10-13H2,1-2H3/t15-,16+/m0/s1. The maximum Gasteiger partial charge on any atom is 0.305 e. The highest BCUT2D eigenvalue weighted by molar-refractivity contribution is 8.13. The molecule has 0 fully saturated rings. The maximum atomic E-state index is 12.2. The van der Waals surface area contributed by atoms with Crippen molar-refractivity contribution in [3.8, 4) is 0 Å². The van der Waals surface area contributed by atoms with E-state index in [4.69, 9.17) is 4.74 Å². The Morgan fingerprint density at radius 1 is 1.17 bits per heavy atom. The minimum Gasteiger partial charge on any atom is -0.466 e. The zero-order chi connectivity index (χ0) is 17.1. The van der Waals surface area contributed by atoms with E-state index in [2.05, 4.69) is 0 Å². The summed E-state index contributed by atoms with van der Waals surface area (Å²) in [6.07, 6.45) is 0.976. The first-order valence-electron chi connectivity index (χ1n) is 8.12. The molecule has 1 aromatic carbocycles. The molecule has 0 saturated carbocycles. The van der Waals surface area contributed by atoms with Gasteiger partial charge in [-0.15, -0.1) is 0 Å². The van der Waals surface area contributed by atoms with Crippen LogP contribution < -0.4 is 0 Å². The molecule has 0 spiro atoms. The molecule has 5 heteroatoms. The fourth-order valence-corrected chi connectivity index (χ4v) is 3.16. The first-order valence-corrected chi connectivity index (χ1v) is 9.11. The summed E-state index contributed by atoms with van der Waals surface area (Å²) in [6, 6.07) is 9.87. The van der Waals surface area contributed by atoms with Crippen LogP contribution in [0.5, 0.6) is 0 Å². The number of aliphatic hydroxyl groups is 1. The van der Waals surface area contributed by atoms with Crippen LogP contribution in [0.2, 0.25) is 0 Å². The number of ether oxygens (including phenoxy) is 1. The van der Waals surface area contributed by atoms with Crippen molar-refractivity contribution < 1.29 is 19.4 Å². The summed E-state index contributed by atoms with van der Waals surface area (Å²) >= 11 is 1.20. The molecule has 2 atom stereocenters. The van der Waals surface area contributed by atoms with Gasteiger partial charge in [-0.2, -0.15) is 0 Å². The predicted octanol–water partition coefficient (Wildman–Crippen LogP) is 3.22. The van der Waals surface area contributed by atoms with Crippen molar-refractivity contribution >= 4 is 22.8 Å². The van der Waals surface area contributed by atoms with Gasteiger partial charge in [0.25, 0.3) is 0 Å². The van der Waals surface area contributed by atoms with E-state index in [1.54, 1.807) is 6.92 Å². The first-order chi connectivity index (χ1) is 11.1. The average Bonchev–Trinajstić information content (AvgIpc) is 2.54. The number of carbonyl (C=O) groups is 2. The third kappa shape index (κ3) is 7.66. The molecule has 0 unspecified atom stereocenters. The molecule has 0 aliphatic carbocycles. The minimum atomic E-state index is -0.740. The lowest BCUT2D eigenvalue weighted by molar-refractivity contribution is -0.143. The van der Waals surface area contributed by atoms with Gasteiger partial charge >= 0.3 is 5.97 Å². The Kier molecular flexibility index (Phi) is 9.64. The average molecular weight is 338 g/mol. The van der Waals surface area contributed by atoms with E-state index in [9.17, 15) is 14.7 Å². The number of esters is 1. The second kappa shape index (κ2) is 11.2. The number of aliphatic hydroxyl groups excluding tert-OH is 1. The lowest BCUT2D eigenvalue weighted by atomic mass is 9.93. The van der Waals surface area contributed by atoms with Crippen molar-refractivity contribution in [2.24, 2.45) is 5.92 Å². The van der Waals surface area contributed by atoms with Gasteiger partial charge in [-0.1, -0.05) is 49.0 Å². The van der Waals surface area contributed by atoms with Gasteiger partial charge in [-0.25, -0.2) is 0 Å². The zero-order valence-corrected chi connectivity index (χ0v) is 14.7. The van der Waals surface area contributed by atoms with Gasteiger partial charge in [0.2, 0.25) is 0 Å². The van der Waals surface area contributed by atoms with Gasteiger partial charge in [0.1, 0.15) is 0 Å². The molecule has 0 amide bonds. The van der Waals surface area contributed by atoms with E-state index in [1.165, 1.54) is 11.8 Å². The highest BCUT2D eigenvalue weighted by Gasteiger charge is 2.27. The second-order valence-corrected chi connectivity index (χ2v) is 6.56. The van der Waals surface area contributed by atoms with Gasteiger partial charge in [0.15, 0.2) is 5.12 Å². The monoisotopic (exact) mass is 338 g/mol. The van der Waals surface area contributed by atoms with Gasteiger partial charge in [-0.05, 0) is 37.5 Å². The third-order valence-electron chi connectivity index (χ3n) is 3.59. The van der Waals surface area contributed by atoms with Gasteiger partial charge in [0, 0.05) is 6.42 Å². The van der Waals surface area contributed by atoms with Crippen LogP contribution >= 0.6 is 11.8 Å². The van der Waals surface area contributed by atoms with Crippen LogP contribution in [-0.4, -0.2) is 34.7 Å². The molecule has 1 aromatic rings. The summed E-state index contributed by atoms with van der Waals surface area (Å²) in [7, 11) is 0. The van der Waals surface area contributed by atoms with E-state index in [0.29, 0.717) is 31.6 Å². The van der Waals surface area contributed by atoms with Crippen molar-refractivity contribution in [2.75, 3.05) is 12.4 Å². The molecule has 0 radical (unpaired) electrons. The summed E-state index contributed by atoms with van der Waals surface area (Å²) in [6.45, 7) is 3.99. The fraction of sp³-hybridized carbons (Fsp3) is 0.556. The summed E-state index contributed by atoms with van der Waals surface area (Å²) < 4.78 is 4.90. The van der Waals surface area contributed by atoms with Crippen molar-refractivity contribution in [3.63, 3.8) is 0 Å². The molecule has 128 valence electrons. The maximum absolute atomic E-state index is 12.2. The van der Waals surface area contributed by atoms with Crippen LogP contribution in [-0.2, 0) is 20.7 Å². The Labute approximate surface area is 142 Å². The van der Waals surface area contributed by atoms with Gasteiger partial charge < -0.3 is 9.84 Å². The van der Waals surface area contributed by atoms with Crippen LogP contribution in [0.1, 0.15) is 38.7 Å². The van der Waals surface area contributed by atoms with Crippen LogP contribution in [0.4, 0.5) is 0 Å². The van der Waals surface area contributed by atoms with Crippen LogP contribution in [0.25, 0.3) is 0 Å². The molecule has 0 bridgehead atoms. The molecule has 0 aliphatic rings. The molecule has 4 nitrogen and oxygen atoms in total. The summed E-state index contributed by atoms with van der Waals surface area (Å²) in [5.41, 5.74) is 1.13. The van der Waals surface area contributed by atoms with E-state index in [0.717, 1.165) is 5.56 Å². The van der Waals surface area contributed by atoms with Crippen LogP contribution in [0.15, 0.2) is 30.3 Å². The molecule has 1 rings (SSSR count). The van der Waals surface area contributed by atoms with Crippen LogP contribution in [0.3, 0.4) is 0 Å². The van der Waals surface area contributed by atoms with Crippen molar-refractivity contribution in [1.82, 2.24) is 0 Å². The number of thioether (sulfide) groups is 1. The molecule has 0 aromatic heterocycles. The Morgan fingerprint density at radius 3 is 2.48 bits per heavy atom. The number of rotatable bonds is 10. The van der Waals surface area contributed by atoms with E-state index >= 15 is 0 Å². The summed E-state index contributed by atoms with van der Waals surface area (Å²) in [4.78, 5) is 23.7. The van der Waals surface area contributed by atoms with E-state index in [1.807, 2.05) is 37.3 Å². The Balaban J connectivity index is 2.58. The highest BCUT2D eigenvalue weighted by Crippen LogP contribution is 2.23. The lowest BCUT2D eigenvalue weighted by Gasteiger charge is -2.21. The normalized spacial score (nSPS) is 13.3. The summed E-state index contributed by atoms with van der Waals surface area (Å²) in [5, 5.41) is 10.4. The smallest absolute Gasteiger partial charge is 0.305 e. The molecular formula is C18H26O4S. The Bertz CT molecular complexity index is 475. The molecular weight excluding hydrogens is 312 g/mol. The van der Waals surface area contributed by atoms with Crippen molar-refractivity contribution in [1.29, 1.82) is 0 Å². The quantitative estimate of drug-likeness (QED) is 0.664. The zero-order valence-electron chi connectivity index (χ0n) is 13.9. The molecule has 0 saturated heterocycles. The highest BCUT2D eigenvalue weighted by atomic mass is 32.2. The number of hydrogen-bond donors (Lipinski definition) is 1. The van der Waals surface area contributed by atoms with Crippen molar-refractivity contribution in [2.45, 2.75) is 45.6 Å². The van der Waals surface area contributed by atoms with Gasteiger partial charge in [0.05, 0.1) is 18.6 Å².